The molecule has 0 aromatic heterocycles. The van der Waals surface area contributed by atoms with Gasteiger partial charge in [0.2, 0.25) is 0 Å². The molecule has 2 rings (SSSR count). The van der Waals surface area contributed by atoms with Crippen molar-refractivity contribution in [3.8, 4) is 5.75 Å². The Balaban J connectivity index is 2.02. The maximum Gasteiger partial charge on any atom is 0.186 e. The molecule has 0 saturated carbocycles. The SMILES string of the molecule is O=C([O-])COc1ccc(/C=C/C(=O)c2ccccc2Br)cc1. The van der Waals surface area contributed by atoms with Crippen molar-refractivity contribution in [2.24, 2.45) is 0 Å². The third-order valence-electron chi connectivity index (χ3n) is 2.80. The van der Waals surface area contributed by atoms with E-state index in [0.29, 0.717) is 11.3 Å². The molecule has 2 aromatic rings. The molecule has 2 aromatic carbocycles. The van der Waals surface area contributed by atoms with Crippen LogP contribution in [0, 0.1) is 0 Å². The predicted octanol–water partition coefficient (Wildman–Crippen LogP) is 2.47. The van der Waals surface area contributed by atoms with Crippen LogP contribution in [0.1, 0.15) is 15.9 Å². The summed E-state index contributed by atoms with van der Waals surface area (Å²) in [7, 11) is 0. The fourth-order valence-electron chi connectivity index (χ4n) is 1.74. The minimum absolute atomic E-state index is 0.107. The molecule has 0 bridgehead atoms. The summed E-state index contributed by atoms with van der Waals surface area (Å²) in [5.41, 5.74) is 1.40. The van der Waals surface area contributed by atoms with Crippen molar-refractivity contribution in [2.75, 3.05) is 6.61 Å². The number of ether oxygens (including phenoxy) is 1. The van der Waals surface area contributed by atoms with Crippen molar-refractivity contribution in [1.29, 1.82) is 0 Å². The summed E-state index contributed by atoms with van der Waals surface area (Å²) >= 11 is 3.34. The molecule has 0 aliphatic heterocycles. The number of hydrogen-bond donors (Lipinski definition) is 0. The molecule has 5 heteroatoms. The molecule has 0 aliphatic rings. The largest absolute Gasteiger partial charge is 0.546 e. The number of halogens is 1. The Bertz CT molecular complexity index is 705. The fourth-order valence-corrected chi connectivity index (χ4v) is 2.22. The van der Waals surface area contributed by atoms with Crippen LogP contribution in [0.5, 0.6) is 5.75 Å². The second-order valence-electron chi connectivity index (χ2n) is 4.41. The van der Waals surface area contributed by atoms with Gasteiger partial charge in [-0.1, -0.05) is 46.3 Å². The van der Waals surface area contributed by atoms with Gasteiger partial charge in [0.1, 0.15) is 12.4 Å². The number of carbonyl (C=O) groups is 2. The van der Waals surface area contributed by atoms with Gasteiger partial charge in [0.05, 0.1) is 5.97 Å². The van der Waals surface area contributed by atoms with Crippen LogP contribution in [0.25, 0.3) is 6.08 Å². The molecule has 0 heterocycles. The van der Waals surface area contributed by atoms with Crippen molar-refractivity contribution in [3.05, 3.63) is 70.2 Å². The maximum absolute atomic E-state index is 12.1. The number of carboxylic acids is 1. The normalized spacial score (nSPS) is 10.6. The zero-order valence-electron chi connectivity index (χ0n) is 11.5. The van der Waals surface area contributed by atoms with Gasteiger partial charge in [-0.3, -0.25) is 4.79 Å². The van der Waals surface area contributed by atoms with Crippen molar-refractivity contribution >= 4 is 33.8 Å². The molecule has 0 spiro atoms. The highest BCUT2D eigenvalue weighted by atomic mass is 79.9. The number of hydrogen-bond acceptors (Lipinski definition) is 4. The van der Waals surface area contributed by atoms with Gasteiger partial charge in [-0.05, 0) is 35.9 Å². The van der Waals surface area contributed by atoms with Crippen LogP contribution in [-0.2, 0) is 4.79 Å². The van der Waals surface area contributed by atoms with Gasteiger partial charge in [-0.2, -0.15) is 0 Å². The molecule has 112 valence electrons. The van der Waals surface area contributed by atoms with Crippen molar-refractivity contribution < 1.29 is 19.4 Å². The van der Waals surface area contributed by atoms with Crippen LogP contribution in [0.2, 0.25) is 0 Å². The molecular weight excluding hydrogens is 348 g/mol. The van der Waals surface area contributed by atoms with Gasteiger partial charge >= 0.3 is 0 Å². The van der Waals surface area contributed by atoms with E-state index in [-0.39, 0.29) is 5.78 Å². The Morgan fingerprint density at radius 3 is 2.41 bits per heavy atom. The second-order valence-corrected chi connectivity index (χ2v) is 5.26. The molecule has 0 atom stereocenters. The van der Waals surface area contributed by atoms with Gasteiger partial charge < -0.3 is 14.6 Å². The predicted molar refractivity (Wildman–Crippen MR) is 84.5 cm³/mol. The van der Waals surface area contributed by atoms with Crippen LogP contribution in [0.3, 0.4) is 0 Å². The Labute approximate surface area is 136 Å². The maximum atomic E-state index is 12.1. The van der Waals surface area contributed by atoms with Crippen LogP contribution in [0.4, 0.5) is 0 Å². The zero-order valence-corrected chi connectivity index (χ0v) is 13.1. The summed E-state index contributed by atoms with van der Waals surface area (Å²) in [6.07, 6.45) is 3.17. The topological polar surface area (TPSA) is 66.4 Å². The summed E-state index contributed by atoms with van der Waals surface area (Å²) in [5.74, 6) is -0.953. The Kier molecular flexibility index (Phi) is 5.49. The highest BCUT2D eigenvalue weighted by Crippen LogP contribution is 2.18. The minimum atomic E-state index is -1.27. The number of allylic oxidation sites excluding steroid dienone is 1. The van der Waals surface area contributed by atoms with E-state index < -0.39 is 12.6 Å². The number of aliphatic carboxylic acids is 1. The van der Waals surface area contributed by atoms with Crippen LogP contribution >= 0.6 is 15.9 Å². The van der Waals surface area contributed by atoms with E-state index >= 15 is 0 Å². The number of carbonyl (C=O) groups excluding carboxylic acids is 2. The molecule has 0 fully saturated rings. The number of ketones is 1. The first kappa shape index (κ1) is 16.0. The average molecular weight is 360 g/mol. The van der Waals surface area contributed by atoms with E-state index in [1.807, 2.05) is 12.1 Å². The van der Waals surface area contributed by atoms with Crippen molar-refractivity contribution in [1.82, 2.24) is 0 Å². The van der Waals surface area contributed by atoms with E-state index in [1.165, 1.54) is 6.08 Å². The lowest BCUT2D eigenvalue weighted by molar-refractivity contribution is -0.307. The summed E-state index contributed by atoms with van der Waals surface area (Å²) in [5, 5.41) is 10.3. The van der Waals surface area contributed by atoms with Crippen molar-refractivity contribution in [3.63, 3.8) is 0 Å². The van der Waals surface area contributed by atoms with Crippen molar-refractivity contribution in [2.45, 2.75) is 0 Å². The highest BCUT2D eigenvalue weighted by Gasteiger charge is 2.05. The smallest absolute Gasteiger partial charge is 0.186 e. The molecule has 0 aliphatic carbocycles. The highest BCUT2D eigenvalue weighted by molar-refractivity contribution is 9.10. The lowest BCUT2D eigenvalue weighted by Crippen LogP contribution is -2.28. The Morgan fingerprint density at radius 1 is 1.09 bits per heavy atom. The van der Waals surface area contributed by atoms with Crippen LogP contribution in [0.15, 0.2) is 59.1 Å². The first-order chi connectivity index (χ1) is 10.6. The van der Waals surface area contributed by atoms with Crippen LogP contribution in [-0.4, -0.2) is 18.4 Å². The average Bonchev–Trinajstić information content (AvgIpc) is 2.52. The summed E-state index contributed by atoms with van der Waals surface area (Å²) in [6, 6.07) is 13.9. The van der Waals surface area contributed by atoms with Gasteiger partial charge in [0.15, 0.2) is 5.78 Å². The van der Waals surface area contributed by atoms with Gasteiger partial charge in [-0.25, -0.2) is 0 Å². The fraction of sp³-hybridized carbons (Fsp3) is 0.0588. The van der Waals surface area contributed by atoms with E-state index in [2.05, 4.69) is 15.9 Å². The third kappa shape index (κ3) is 4.56. The molecule has 0 N–H and O–H groups in total. The molecular formula is C17H12BrO4-. The van der Waals surface area contributed by atoms with E-state index in [9.17, 15) is 14.7 Å². The van der Waals surface area contributed by atoms with Crippen LogP contribution < -0.4 is 9.84 Å². The number of rotatable bonds is 6. The first-order valence-corrected chi connectivity index (χ1v) is 7.25. The van der Waals surface area contributed by atoms with Gasteiger partial charge in [-0.15, -0.1) is 0 Å². The van der Waals surface area contributed by atoms with Gasteiger partial charge in [0, 0.05) is 10.0 Å². The van der Waals surface area contributed by atoms with E-state index in [0.717, 1.165) is 10.0 Å². The summed E-state index contributed by atoms with van der Waals surface area (Å²) in [6.45, 7) is -0.490. The standard InChI is InChI=1S/C17H13BrO4/c18-15-4-2-1-3-14(15)16(19)10-7-12-5-8-13(9-6-12)22-11-17(20)21/h1-10H,11H2,(H,20,21)/p-1/b10-7+. The number of benzene rings is 2. The lowest BCUT2D eigenvalue weighted by Gasteiger charge is -2.06. The Morgan fingerprint density at radius 2 is 1.77 bits per heavy atom. The lowest BCUT2D eigenvalue weighted by atomic mass is 10.1. The first-order valence-electron chi connectivity index (χ1n) is 6.46. The molecule has 0 radical (unpaired) electrons. The molecule has 0 amide bonds. The summed E-state index contributed by atoms with van der Waals surface area (Å²) < 4.78 is 5.72. The molecule has 22 heavy (non-hydrogen) atoms. The second kappa shape index (κ2) is 7.56. The summed E-state index contributed by atoms with van der Waals surface area (Å²) in [4.78, 5) is 22.4. The molecule has 0 unspecified atom stereocenters. The minimum Gasteiger partial charge on any atom is -0.546 e. The third-order valence-corrected chi connectivity index (χ3v) is 3.49. The molecule has 0 saturated heterocycles. The molecule has 4 nitrogen and oxygen atoms in total. The monoisotopic (exact) mass is 359 g/mol. The number of carboxylic acid groups (broad SMARTS) is 1. The quantitative estimate of drug-likeness (QED) is 0.586. The Hall–Kier alpha value is -2.40. The zero-order chi connectivity index (χ0) is 15.9. The van der Waals surface area contributed by atoms with E-state index in [4.69, 9.17) is 4.74 Å². The van der Waals surface area contributed by atoms with E-state index in [1.54, 1.807) is 42.5 Å². The van der Waals surface area contributed by atoms with Gasteiger partial charge in [0.25, 0.3) is 0 Å².